The number of hydrogen-bond donors (Lipinski definition) is 0. The highest BCUT2D eigenvalue weighted by Gasteiger charge is 2.27. The molecule has 3 aromatic carbocycles. The van der Waals surface area contributed by atoms with Crippen molar-refractivity contribution in [3.8, 4) is 0 Å². The summed E-state index contributed by atoms with van der Waals surface area (Å²) in [5.74, 6) is 0. The Morgan fingerprint density at radius 2 is 0.607 bits per heavy atom. The summed E-state index contributed by atoms with van der Waals surface area (Å²) in [5.41, 5.74) is 0. The lowest BCUT2D eigenvalue weighted by Crippen LogP contribution is -2.04. The Kier molecular flexibility index (Phi) is 21.5. The second-order valence-corrected chi connectivity index (χ2v) is 6.98. The summed E-state index contributed by atoms with van der Waals surface area (Å²) in [6.07, 6.45) is 1.25. The smallest absolute Gasteiger partial charge is 0.0683 e. The topological polar surface area (TPSA) is 0 Å². The van der Waals surface area contributed by atoms with Crippen molar-refractivity contribution in [2.75, 3.05) is 0 Å². The van der Waals surface area contributed by atoms with Gasteiger partial charge in [-0.1, -0.05) is 116 Å². The third-order valence-corrected chi connectivity index (χ3v) is 5.17. The van der Waals surface area contributed by atoms with Gasteiger partial charge in [-0.05, 0) is 36.4 Å². The number of benzene rings is 3. The van der Waals surface area contributed by atoms with Crippen molar-refractivity contribution in [1.82, 2.24) is 0 Å². The van der Waals surface area contributed by atoms with Crippen molar-refractivity contribution in [2.45, 2.75) is 76.5 Å². The average Bonchev–Trinajstić information content (AvgIpc) is 2.81. The zero-order valence-electron chi connectivity index (χ0n) is 19.3. The molecule has 0 fully saturated rings. The Labute approximate surface area is 178 Å². The quantitative estimate of drug-likeness (QED) is 0.386. The zero-order chi connectivity index (χ0) is 21.6. The van der Waals surface area contributed by atoms with E-state index in [1.807, 2.05) is 41.5 Å². The first-order chi connectivity index (χ1) is 13.9. The molecule has 28 heavy (non-hydrogen) atoms. The summed E-state index contributed by atoms with van der Waals surface area (Å²) in [7, 11) is -0.0146. The van der Waals surface area contributed by atoms with Gasteiger partial charge in [0.1, 0.15) is 0 Å². The standard InChI is InChI=1S/C18H15S.C3H8.3C2H6/c1-4-10-16(11-5-1)19(17-12-6-2-7-13-17)18-14-8-3-9-15-18;1-3-2;3*1-2/h1-15H;3H2,1-2H3;3*1-2H3/q+1;;;;. The molecule has 0 bridgehead atoms. The van der Waals surface area contributed by atoms with Crippen molar-refractivity contribution in [3.63, 3.8) is 0 Å². The molecule has 0 amide bonds. The lowest BCUT2D eigenvalue weighted by atomic mass is 10.4. The Morgan fingerprint density at radius 1 is 0.429 bits per heavy atom. The van der Waals surface area contributed by atoms with Crippen molar-refractivity contribution in [3.05, 3.63) is 91.0 Å². The maximum Gasteiger partial charge on any atom is 0.166 e. The van der Waals surface area contributed by atoms with Gasteiger partial charge in [0, 0.05) is 0 Å². The highest BCUT2D eigenvalue weighted by Crippen LogP contribution is 2.30. The van der Waals surface area contributed by atoms with Crippen LogP contribution in [0.25, 0.3) is 0 Å². The normalized spacial score (nSPS) is 8.46. The van der Waals surface area contributed by atoms with E-state index < -0.39 is 0 Å². The Balaban J connectivity index is 0. The molecule has 0 nitrogen and oxygen atoms in total. The van der Waals surface area contributed by atoms with Gasteiger partial charge < -0.3 is 0 Å². The van der Waals surface area contributed by atoms with Crippen molar-refractivity contribution in [2.24, 2.45) is 0 Å². The van der Waals surface area contributed by atoms with Crippen molar-refractivity contribution >= 4 is 10.9 Å². The zero-order valence-corrected chi connectivity index (χ0v) is 20.1. The SMILES string of the molecule is CC.CC.CC.CCC.c1ccc([S+](c2ccccc2)c2ccccc2)cc1. The third-order valence-electron chi connectivity index (χ3n) is 2.94. The molecular formula is C27H41S+. The third kappa shape index (κ3) is 11.0. The van der Waals surface area contributed by atoms with Gasteiger partial charge in [-0.25, -0.2) is 0 Å². The monoisotopic (exact) mass is 397 g/mol. The van der Waals surface area contributed by atoms with Crippen LogP contribution >= 0.6 is 0 Å². The minimum absolute atomic E-state index is 0.0146. The van der Waals surface area contributed by atoms with E-state index in [0.29, 0.717) is 0 Å². The summed E-state index contributed by atoms with van der Waals surface area (Å²) in [4.78, 5) is 4.08. The fourth-order valence-corrected chi connectivity index (χ4v) is 4.18. The van der Waals surface area contributed by atoms with Crippen LogP contribution in [0, 0.1) is 0 Å². The van der Waals surface area contributed by atoms with Gasteiger partial charge in [0.2, 0.25) is 0 Å². The van der Waals surface area contributed by atoms with E-state index in [4.69, 9.17) is 0 Å². The van der Waals surface area contributed by atoms with Crippen LogP contribution in [0.1, 0.15) is 61.8 Å². The molecule has 0 aliphatic rings. The number of hydrogen-bond acceptors (Lipinski definition) is 0. The molecule has 3 rings (SSSR count). The molecule has 154 valence electrons. The van der Waals surface area contributed by atoms with Crippen LogP contribution < -0.4 is 0 Å². The van der Waals surface area contributed by atoms with Gasteiger partial charge >= 0.3 is 0 Å². The van der Waals surface area contributed by atoms with Gasteiger partial charge in [-0.3, -0.25) is 0 Å². The fourth-order valence-electron chi connectivity index (χ4n) is 2.08. The Morgan fingerprint density at radius 3 is 0.786 bits per heavy atom. The van der Waals surface area contributed by atoms with E-state index >= 15 is 0 Å². The second-order valence-electron chi connectivity index (χ2n) is 4.95. The van der Waals surface area contributed by atoms with Crippen LogP contribution in [0.15, 0.2) is 106 Å². The second kappa shape index (κ2) is 21.3. The maximum atomic E-state index is 2.21. The lowest BCUT2D eigenvalue weighted by Gasteiger charge is -2.07. The molecular weight excluding hydrogens is 356 g/mol. The highest BCUT2D eigenvalue weighted by molar-refractivity contribution is 7.97. The molecule has 0 spiro atoms. The van der Waals surface area contributed by atoms with E-state index in [1.165, 1.54) is 21.1 Å². The molecule has 0 aromatic heterocycles. The number of rotatable bonds is 3. The maximum absolute atomic E-state index is 2.21. The fraction of sp³-hybridized carbons (Fsp3) is 0.333. The summed E-state index contributed by atoms with van der Waals surface area (Å²) in [5, 5.41) is 0. The van der Waals surface area contributed by atoms with Crippen molar-refractivity contribution < 1.29 is 0 Å². The summed E-state index contributed by atoms with van der Waals surface area (Å²) in [6, 6.07) is 32.2. The predicted molar refractivity (Wildman–Crippen MR) is 131 cm³/mol. The summed E-state index contributed by atoms with van der Waals surface area (Å²) < 4.78 is 0. The van der Waals surface area contributed by atoms with Gasteiger partial charge in [-0.15, -0.1) is 0 Å². The Bertz CT molecular complexity index is 539. The van der Waals surface area contributed by atoms with Crippen LogP contribution in [0.3, 0.4) is 0 Å². The van der Waals surface area contributed by atoms with E-state index in [1.54, 1.807) is 0 Å². The minimum Gasteiger partial charge on any atom is -0.0683 e. The molecule has 0 radical (unpaired) electrons. The van der Waals surface area contributed by atoms with E-state index in [-0.39, 0.29) is 10.9 Å². The minimum atomic E-state index is -0.0146. The predicted octanol–water partition coefficient (Wildman–Crippen LogP) is 9.28. The first-order valence-electron chi connectivity index (χ1n) is 10.8. The molecule has 0 heterocycles. The van der Waals surface area contributed by atoms with Gasteiger partial charge in [0.25, 0.3) is 0 Å². The summed E-state index contributed by atoms with van der Waals surface area (Å²) >= 11 is 0. The lowest BCUT2D eigenvalue weighted by molar-refractivity contribution is 1.09. The van der Waals surface area contributed by atoms with Crippen LogP contribution in [0.5, 0.6) is 0 Å². The molecule has 1 heteroatoms. The molecule has 0 aliphatic heterocycles. The molecule has 0 N–H and O–H groups in total. The first-order valence-corrected chi connectivity index (χ1v) is 12.0. The molecule has 3 aromatic rings. The van der Waals surface area contributed by atoms with Gasteiger partial charge in [0.05, 0.1) is 10.9 Å². The molecule has 0 atom stereocenters. The first kappa shape index (κ1) is 28.2. The largest absolute Gasteiger partial charge is 0.166 e. The van der Waals surface area contributed by atoms with E-state index in [2.05, 4.69) is 105 Å². The van der Waals surface area contributed by atoms with E-state index in [0.717, 1.165) is 0 Å². The van der Waals surface area contributed by atoms with E-state index in [9.17, 15) is 0 Å². The van der Waals surface area contributed by atoms with Crippen molar-refractivity contribution in [1.29, 1.82) is 0 Å². The summed E-state index contributed by atoms with van der Waals surface area (Å²) in [6.45, 7) is 16.2. The highest BCUT2D eigenvalue weighted by atomic mass is 32.2. The molecule has 0 unspecified atom stereocenters. The van der Waals surface area contributed by atoms with Crippen LogP contribution in [-0.4, -0.2) is 0 Å². The van der Waals surface area contributed by atoms with Crippen LogP contribution in [0.4, 0.5) is 0 Å². The van der Waals surface area contributed by atoms with Gasteiger partial charge in [-0.2, -0.15) is 0 Å². The molecule has 0 aliphatic carbocycles. The average molecular weight is 398 g/mol. The van der Waals surface area contributed by atoms with Gasteiger partial charge in [0.15, 0.2) is 14.7 Å². The van der Waals surface area contributed by atoms with Crippen LogP contribution in [0.2, 0.25) is 0 Å². The Hall–Kier alpha value is -1.99. The van der Waals surface area contributed by atoms with Crippen LogP contribution in [-0.2, 0) is 10.9 Å². The molecule has 0 saturated heterocycles. The molecule has 0 saturated carbocycles.